The highest BCUT2D eigenvalue weighted by Crippen LogP contribution is 2.31. The Balaban J connectivity index is 1.44. The molecule has 1 heterocycles. The van der Waals surface area contributed by atoms with Crippen molar-refractivity contribution >= 4 is 34.9 Å². The molecule has 9 heteroatoms. The number of aryl methyl sites for hydroxylation is 1. The number of ether oxygens (including phenoxy) is 1. The summed E-state index contributed by atoms with van der Waals surface area (Å²) < 4.78 is 5.63. The monoisotopic (exact) mass is 534 g/mol. The lowest BCUT2D eigenvalue weighted by Crippen LogP contribution is -2.29. The topological polar surface area (TPSA) is 124 Å². The normalized spacial score (nSPS) is 13.1. The van der Waals surface area contributed by atoms with Gasteiger partial charge in [-0.1, -0.05) is 49.4 Å². The predicted molar refractivity (Wildman–Crippen MR) is 145 cm³/mol. The van der Waals surface area contributed by atoms with E-state index >= 15 is 0 Å². The summed E-state index contributed by atoms with van der Waals surface area (Å²) in [6.07, 6.45) is -0.600. The minimum Gasteiger partial charge on any atom is -0.445 e. The highest BCUT2D eigenvalue weighted by molar-refractivity contribution is 6.34. The molecule has 0 aromatic heterocycles. The van der Waals surface area contributed by atoms with Crippen molar-refractivity contribution in [1.29, 1.82) is 0 Å². The number of rotatable bonds is 8. The number of non-ortho nitro benzene ring substituents is 1. The van der Waals surface area contributed by atoms with Crippen LogP contribution in [0.5, 0.6) is 0 Å². The predicted octanol–water partition coefficient (Wildman–Crippen LogP) is 5.74. The summed E-state index contributed by atoms with van der Waals surface area (Å²) in [6, 6.07) is 24.4. The van der Waals surface area contributed by atoms with Gasteiger partial charge < -0.3 is 4.74 Å². The number of hydrogen-bond acceptors (Lipinski definition) is 7. The number of fused-ring (bicyclic) bond motifs is 1. The van der Waals surface area contributed by atoms with E-state index in [2.05, 4.69) is 0 Å². The molecule has 0 aliphatic carbocycles. The van der Waals surface area contributed by atoms with Crippen LogP contribution in [0.15, 0.2) is 97.1 Å². The quantitative estimate of drug-likeness (QED) is 0.0928. The fourth-order valence-electron chi connectivity index (χ4n) is 4.46. The van der Waals surface area contributed by atoms with E-state index in [0.717, 1.165) is 16.9 Å². The number of benzene rings is 4. The largest absolute Gasteiger partial charge is 0.445 e. The van der Waals surface area contributed by atoms with E-state index in [4.69, 9.17) is 4.74 Å². The molecule has 0 saturated carbocycles. The Morgan fingerprint density at radius 3 is 2.10 bits per heavy atom. The highest BCUT2D eigenvalue weighted by atomic mass is 16.6. The summed E-state index contributed by atoms with van der Waals surface area (Å²) in [4.78, 5) is 64.4. The fourth-order valence-corrected chi connectivity index (χ4v) is 4.46. The number of esters is 1. The van der Waals surface area contributed by atoms with Crippen molar-refractivity contribution in [2.45, 2.75) is 19.4 Å². The second-order valence-electron chi connectivity index (χ2n) is 9.09. The lowest BCUT2D eigenvalue weighted by Gasteiger charge is -2.17. The first-order valence-corrected chi connectivity index (χ1v) is 12.4. The van der Waals surface area contributed by atoms with Gasteiger partial charge >= 0.3 is 5.97 Å². The third kappa shape index (κ3) is 4.88. The molecule has 1 aliphatic rings. The molecule has 198 valence electrons. The molecule has 1 atom stereocenters. The smallest absolute Gasteiger partial charge is 0.339 e. The summed E-state index contributed by atoms with van der Waals surface area (Å²) in [5.74, 6) is -2.52. The van der Waals surface area contributed by atoms with Crippen molar-refractivity contribution in [2.24, 2.45) is 0 Å². The van der Waals surface area contributed by atoms with Crippen LogP contribution in [0.3, 0.4) is 0 Å². The van der Waals surface area contributed by atoms with Crippen LogP contribution in [0.2, 0.25) is 0 Å². The number of nitrogens with zero attached hydrogens (tertiary/aromatic N) is 2. The zero-order valence-corrected chi connectivity index (χ0v) is 21.3. The number of ketones is 1. The van der Waals surface area contributed by atoms with Crippen molar-refractivity contribution in [3.63, 3.8) is 0 Å². The summed E-state index contributed by atoms with van der Waals surface area (Å²) in [6.45, 7) is 2.00. The molecular weight excluding hydrogens is 512 g/mol. The first kappa shape index (κ1) is 26.2. The zero-order chi connectivity index (χ0) is 28.4. The van der Waals surface area contributed by atoms with E-state index < -0.39 is 34.6 Å². The number of carbonyl (C=O) groups is 4. The van der Waals surface area contributed by atoms with Crippen molar-refractivity contribution in [3.05, 3.63) is 141 Å². The molecular formula is C31H22N2O7. The van der Waals surface area contributed by atoms with Crippen LogP contribution in [0, 0.1) is 10.1 Å². The number of imide groups is 1. The van der Waals surface area contributed by atoms with E-state index in [1.165, 1.54) is 42.5 Å². The van der Waals surface area contributed by atoms with Crippen LogP contribution in [0.4, 0.5) is 11.4 Å². The maximum Gasteiger partial charge on any atom is 0.339 e. The third-order valence-electron chi connectivity index (χ3n) is 6.65. The van der Waals surface area contributed by atoms with E-state index in [1.807, 2.05) is 19.1 Å². The SMILES string of the molecule is CCc1ccc(N2C(=O)c3ccc(C(=O)O[C@H](C(=O)c4ccccc4)c4ccc([N+](=O)[O-])cc4)cc3C2=O)cc1. The number of nitro benzene ring substituents is 1. The van der Waals surface area contributed by atoms with Crippen LogP contribution in [0.1, 0.15) is 65.6 Å². The van der Waals surface area contributed by atoms with Gasteiger partial charge in [-0.05, 0) is 54.4 Å². The molecule has 4 aromatic carbocycles. The van der Waals surface area contributed by atoms with E-state index in [-0.39, 0.29) is 33.5 Å². The van der Waals surface area contributed by atoms with E-state index in [9.17, 15) is 29.3 Å². The highest BCUT2D eigenvalue weighted by Gasteiger charge is 2.37. The van der Waals surface area contributed by atoms with Crippen LogP contribution >= 0.6 is 0 Å². The van der Waals surface area contributed by atoms with Crippen LogP contribution in [-0.2, 0) is 11.2 Å². The number of anilines is 1. The van der Waals surface area contributed by atoms with Gasteiger partial charge in [0, 0.05) is 23.3 Å². The molecule has 5 rings (SSSR count). The Kier molecular flexibility index (Phi) is 7.03. The Hall–Kier alpha value is -5.44. The molecule has 0 unspecified atom stereocenters. The van der Waals surface area contributed by atoms with Gasteiger partial charge in [0.25, 0.3) is 17.5 Å². The summed E-state index contributed by atoms with van der Waals surface area (Å²) in [5.41, 5.74) is 1.96. The number of hydrogen-bond donors (Lipinski definition) is 0. The molecule has 4 aromatic rings. The van der Waals surface area contributed by atoms with Gasteiger partial charge in [0.1, 0.15) is 0 Å². The Morgan fingerprint density at radius 2 is 1.48 bits per heavy atom. The lowest BCUT2D eigenvalue weighted by atomic mass is 9.99. The average molecular weight is 535 g/mol. The average Bonchev–Trinajstić information content (AvgIpc) is 3.24. The number of amides is 2. The van der Waals surface area contributed by atoms with Gasteiger partial charge in [-0.2, -0.15) is 0 Å². The van der Waals surface area contributed by atoms with Crippen LogP contribution in [0.25, 0.3) is 0 Å². The molecule has 40 heavy (non-hydrogen) atoms. The van der Waals surface area contributed by atoms with Crippen molar-refractivity contribution < 1.29 is 28.8 Å². The number of carbonyl (C=O) groups excluding carboxylic acids is 4. The van der Waals surface area contributed by atoms with Crippen molar-refractivity contribution in [2.75, 3.05) is 4.90 Å². The van der Waals surface area contributed by atoms with Crippen molar-refractivity contribution in [1.82, 2.24) is 0 Å². The summed E-state index contributed by atoms with van der Waals surface area (Å²) >= 11 is 0. The first-order valence-electron chi connectivity index (χ1n) is 12.4. The van der Waals surface area contributed by atoms with E-state index in [0.29, 0.717) is 5.69 Å². The summed E-state index contributed by atoms with van der Waals surface area (Å²) in [5, 5.41) is 11.1. The Labute approximate surface area is 228 Å². The molecule has 2 amide bonds. The standard InChI is InChI=1S/C31H22N2O7/c1-2-19-8-13-23(14-9-19)32-29(35)25-17-12-22(18-26(25)30(32)36)31(37)40-28(27(34)20-6-4-3-5-7-20)21-10-15-24(16-11-21)33(38)39/h3-18,28H,2H2,1H3/t28-/m0/s1. The number of Topliss-reactive ketones (excluding diaryl/α,β-unsaturated/α-hetero) is 1. The molecule has 0 N–H and O–H groups in total. The van der Waals surface area contributed by atoms with Gasteiger partial charge in [-0.15, -0.1) is 0 Å². The maximum absolute atomic E-state index is 13.3. The number of nitro groups is 1. The zero-order valence-electron chi connectivity index (χ0n) is 21.3. The minimum atomic E-state index is -1.41. The first-order chi connectivity index (χ1) is 19.3. The van der Waals surface area contributed by atoms with Gasteiger partial charge in [0.2, 0.25) is 5.78 Å². The second-order valence-corrected chi connectivity index (χ2v) is 9.09. The lowest BCUT2D eigenvalue weighted by molar-refractivity contribution is -0.384. The molecule has 9 nitrogen and oxygen atoms in total. The molecule has 0 spiro atoms. The Morgan fingerprint density at radius 1 is 0.825 bits per heavy atom. The van der Waals surface area contributed by atoms with Gasteiger partial charge in [0.15, 0.2) is 6.10 Å². The molecule has 0 bridgehead atoms. The fraction of sp³-hybridized carbons (Fsp3) is 0.0968. The van der Waals surface area contributed by atoms with E-state index in [1.54, 1.807) is 42.5 Å². The minimum absolute atomic E-state index is 0.0316. The van der Waals surface area contributed by atoms with Gasteiger partial charge in [-0.25, -0.2) is 9.69 Å². The third-order valence-corrected chi connectivity index (χ3v) is 6.65. The summed E-state index contributed by atoms with van der Waals surface area (Å²) in [7, 11) is 0. The molecule has 0 radical (unpaired) electrons. The van der Waals surface area contributed by atoms with Crippen LogP contribution in [-0.4, -0.2) is 28.5 Å². The Bertz CT molecular complexity index is 1650. The van der Waals surface area contributed by atoms with Crippen molar-refractivity contribution in [3.8, 4) is 0 Å². The van der Waals surface area contributed by atoms with Gasteiger partial charge in [-0.3, -0.25) is 24.5 Å². The van der Waals surface area contributed by atoms with Gasteiger partial charge in [0.05, 0.1) is 27.3 Å². The maximum atomic E-state index is 13.3. The molecule has 1 aliphatic heterocycles. The van der Waals surface area contributed by atoms with Crippen LogP contribution < -0.4 is 4.90 Å². The molecule has 0 saturated heterocycles. The second kappa shape index (κ2) is 10.7. The molecule has 0 fully saturated rings.